The van der Waals surface area contributed by atoms with Crippen LogP contribution in [-0.4, -0.2) is 27.0 Å². The van der Waals surface area contributed by atoms with E-state index in [4.69, 9.17) is 9.88 Å². The number of carbonyl (C=O) groups excluding carboxylic acids is 1. The van der Waals surface area contributed by atoms with Crippen molar-refractivity contribution in [3.8, 4) is 0 Å². The maximum Gasteiger partial charge on any atom is 0.250 e. The van der Waals surface area contributed by atoms with Crippen molar-refractivity contribution in [3.63, 3.8) is 0 Å². The maximum atomic E-state index is 12.0. The van der Waals surface area contributed by atoms with Gasteiger partial charge in [-0.3, -0.25) is 4.79 Å². The van der Waals surface area contributed by atoms with Gasteiger partial charge in [0.25, 0.3) is 0 Å². The van der Waals surface area contributed by atoms with E-state index in [1.54, 1.807) is 0 Å². The molecule has 0 saturated heterocycles. The maximum absolute atomic E-state index is 12.0. The number of ether oxygens (including phenoxy) is 1. The van der Waals surface area contributed by atoms with Crippen molar-refractivity contribution in [1.82, 2.24) is 0 Å². The standard InChI is InChI=1S/C16H24N2O4S/c1-2-12-5-3-4-6-15(12)22-11-16(19)18-13-7-9-14(10-8-13)23(17,20)21/h7-10,12,15H,2-6,11H2,1H3,(H,18,19)(H2,17,20,21). The van der Waals surface area contributed by atoms with E-state index in [-0.39, 0.29) is 23.5 Å². The first kappa shape index (κ1) is 17.9. The summed E-state index contributed by atoms with van der Waals surface area (Å²) in [7, 11) is -3.72. The van der Waals surface area contributed by atoms with Crippen molar-refractivity contribution in [3.05, 3.63) is 24.3 Å². The zero-order chi connectivity index (χ0) is 16.9. The van der Waals surface area contributed by atoms with E-state index in [2.05, 4.69) is 12.2 Å². The predicted molar refractivity (Wildman–Crippen MR) is 88.4 cm³/mol. The summed E-state index contributed by atoms with van der Waals surface area (Å²) >= 11 is 0. The summed E-state index contributed by atoms with van der Waals surface area (Å²) in [5.41, 5.74) is 0.515. The van der Waals surface area contributed by atoms with Gasteiger partial charge in [-0.2, -0.15) is 0 Å². The van der Waals surface area contributed by atoms with Crippen LogP contribution in [0.4, 0.5) is 5.69 Å². The van der Waals surface area contributed by atoms with E-state index in [9.17, 15) is 13.2 Å². The summed E-state index contributed by atoms with van der Waals surface area (Å²) in [6.45, 7) is 2.16. The smallest absolute Gasteiger partial charge is 0.250 e. The number of rotatable bonds is 6. The zero-order valence-corrected chi connectivity index (χ0v) is 14.1. The van der Waals surface area contributed by atoms with Crippen LogP contribution in [0, 0.1) is 5.92 Å². The Hall–Kier alpha value is -1.44. The summed E-state index contributed by atoms with van der Waals surface area (Å²) in [5, 5.41) is 7.72. The Labute approximate surface area is 137 Å². The molecular formula is C16H24N2O4S. The Kier molecular flexibility index (Phi) is 6.15. The molecule has 1 saturated carbocycles. The molecule has 0 heterocycles. The number of carbonyl (C=O) groups is 1. The van der Waals surface area contributed by atoms with Crippen LogP contribution in [0.15, 0.2) is 29.2 Å². The van der Waals surface area contributed by atoms with E-state index in [1.165, 1.54) is 30.7 Å². The quantitative estimate of drug-likeness (QED) is 0.830. The summed E-state index contributed by atoms with van der Waals surface area (Å²) in [5.74, 6) is 0.291. The minimum absolute atomic E-state index is 0.0120. The minimum atomic E-state index is -3.72. The number of sulfonamides is 1. The molecule has 0 aliphatic heterocycles. The number of nitrogens with two attached hydrogens (primary N) is 1. The molecule has 1 aliphatic carbocycles. The molecule has 2 rings (SSSR count). The van der Waals surface area contributed by atoms with Crippen LogP contribution in [0.25, 0.3) is 0 Å². The summed E-state index contributed by atoms with van der Waals surface area (Å²) in [4.78, 5) is 12.0. The molecule has 1 fully saturated rings. The highest BCUT2D eigenvalue weighted by Gasteiger charge is 2.24. The molecule has 23 heavy (non-hydrogen) atoms. The third kappa shape index (κ3) is 5.30. The lowest BCUT2D eigenvalue weighted by Crippen LogP contribution is -2.31. The molecule has 0 radical (unpaired) electrons. The summed E-state index contributed by atoms with van der Waals surface area (Å²) in [6.07, 6.45) is 5.79. The van der Waals surface area contributed by atoms with E-state index in [1.807, 2.05) is 0 Å². The number of primary sulfonamides is 1. The van der Waals surface area contributed by atoms with Crippen molar-refractivity contribution < 1.29 is 17.9 Å². The summed E-state index contributed by atoms with van der Waals surface area (Å²) in [6, 6.07) is 5.74. The number of nitrogens with one attached hydrogen (secondary N) is 1. The molecule has 6 nitrogen and oxygen atoms in total. The number of amides is 1. The Bertz CT molecular complexity index is 628. The van der Waals surface area contributed by atoms with Gasteiger partial charge in [-0.25, -0.2) is 13.6 Å². The molecule has 7 heteroatoms. The molecule has 2 atom stereocenters. The molecule has 1 aromatic rings. The first-order valence-corrected chi connectivity index (χ1v) is 9.49. The second-order valence-corrected chi connectivity index (χ2v) is 7.48. The fourth-order valence-electron chi connectivity index (χ4n) is 2.97. The van der Waals surface area contributed by atoms with Gasteiger partial charge in [0, 0.05) is 5.69 Å². The van der Waals surface area contributed by atoms with Crippen LogP contribution in [0.1, 0.15) is 39.0 Å². The average Bonchev–Trinajstić information content (AvgIpc) is 2.53. The van der Waals surface area contributed by atoms with Gasteiger partial charge in [-0.15, -0.1) is 0 Å². The summed E-state index contributed by atoms with van der Waals surface area (Å²) < 4.78 is 28.1. The monoisotopic (exact) mass is 340 g/mol. The van der Waals surface area contributed by atoms with Crippen LogP contribution < -0.4 is 10.5 Å². The minimum Gasteiger partial charge on any atom is -0.368 e. The highest BCUT2D eigenvalue weighted by Crippen LogP contribution is 2.29. The third-order valence-electron chi connectivity index (χ3n) is 4.26. The Morgan fingerprint density at radius 3 is 2.52 bits per heavy atom. The Morgan fingerprint density at radius 1 is 1.26 bits per heavy atom. The second kappa shape index (κ2) is 7.90. The van der Waals surface area contributed by atoms with Gasteiger partial charge >= 0.3 is 0 Å². The second-order valence-electron chi connectivity index (χ2n) is 5.92. The fourth-order valence-corrected chi connectivity index (χ4v) is 3.48. The van der Waals surface area contributed by atoms with Crippen LogP contribution in [0.2, 0.25) is 0 Å². The van der Waals surface area contributed by atoms with Gasteiger partial charge in [-0.1, -0.05) is 26.2 Å². The van der Waals surface area contributed by atoms with Crippen molar-refractivity contribution in [2.24, 2.45) is 11.1 Å². The van der Waals surface area contributed by atoms with Crippen molar-refractivity contribution >= 4 is 21.6 Å². The lowest BCUT2D eigenvalue weighted by Gasteiger charge is -2.30. The number of hydrogen-bond donors (Lipinski definition) is 2. The van der Waals surface area contributed by atoms with Gasteiger partial charge in [0.2, 0.25) is 15.9 Å². The molecule has 1 aliphatic rings. The van der Waals surface area contributed by atoms with Crippen molar-refractivity contribution in [2.75, 3.05) is 11.9 Å². The number of hydrogen-bond acceptors (Lipinski definition) is 4. The highest BCUT2D eigenvalue weighted by atomic mass is 32.2. The SMILES string of the molecule is CCC1CCCCC1OCC(=O)Nc1ccc(S(N)(=O)=O)cc1. The first-order chi connectivity index (χ1) is 10.9. The van der Waals surface area contributed by atoms with Gasteiger partial charge in [0.15, 0.2) is 0 Å². The molecular weight excluding hydrogens is 316 g/mol. The predicted octanol–water partition coefficient (Wildman–Crippen LogP) is 2.26. The zero-order valence-electron chi connectivity index (χ0n) is 13.3. The molecule has 1 amide bonds. The van der Waals surface area contributed by atoms with E-state index >= 15 is 0 Å². The van der Waals surface area contributed by atoms with Gasteiger partial charge in [-0.05, 0) is 43.0 Å². The fraction of sp³-hybridized carbons (Fsp3) is 0.562. The molecule has 0 bridgehead atoms. The topological polar surface area (TPSA) is 98.5 Å². The van der Waals surface area contributed by atoms with Gasteiger partial charge in [0.1, 0.15) is 6.61 Å². The normalized spacial score (nSPS) is 21.8. The molecule has 0 aromatic heterocycles. The van der Waals surface area contributed by atoms with Crippen LogP contribution >= 0.6 is 0 Å². The Morgan fingerprint density at radius 2 is 1.91 bits per heavy atom. The van der Waals surface area contributed by atoms with Crippen LogP contribution in [0.5, 0.6) is 0 Å². The van der Waals surface area contributed by atoms with Crippen LogP contribution in [-0.2, 0) is 19.6 Å². The molecule has 2 unspecified atom stereocenters. The van der Waals surface area contributed by atoms with E-state index in [0.717, 1.165) is 25.7 Å². The van der Waals surface area contributed by atoms with Crippen molar-refractivity contribution in [2.45, 2.75) is 50.0 Å². The highest BCUT2D eigenvalue weighted by molar-refractivity contribution is 7.89. The number of anilines is 1. The van der Waals surface area contributed by atoms with E-state index < -0.39 is 10.0 Å². The lowest BCUT2D eigenvalue weighted by molar-refractivity contribution is -0.124. The van der Waals surface area contributed by atoms with Crippen LogP contribution in [0.3, 0.4) is 0 Å². The van der Waals surface area contributed by atoms with E-state index in [0.29, 0.717) is 11.6 Å². The third-order valence-corrected chi connectivity index (χ3v) is 5.19. The molecule has 3 N–H and O–H groups in total. The first-order valence-electron chi connectivity index (χ1n) is 7.94. The molecule has 128 valence electrons. The van der Waals surface area contributed by atoms with Gasteiger partial charge < -0.3 is 10.1 Å². The molecule has 1 aromatic carbocycles. The van der Waals surface area contributed by atoms with Crippen molar-refractivity contribution in [1.29, 1.82) is 0 Å². The Balaban J connectivity index is 1.85. The largest absolute Gasteiger partial charge is 0.368 e. The molecule has 0 spiro atoms. The average molecular weight is 340 g/mol. The lowest BCUT2D eigenvalue weighted by atomic mass is 9.85. The van der Waals surface area contributed by atoms with Gasteiger partial charge in [0.05, 0.1) is 11.0 Å². The number of benzene rings is 1.